The predicted molar refractivity (Wildman–Crippen MR) is 210 cm³/mol. The number of para-hydroxylation sites is 1. The van der Waals surface area contributed by atoms with Crippen molar-refractivity contribution >= 4 is 5.69 Å². The largest absolute Gasteiger partial charge is 0.486 e. The fraction of sp³-hybridized carbons (Fsp3) is 0.476. The molecule has 0 bridgehead atoms. The molecule has 2 saturated heterocycles. The molecular weight excluding hydrogens is 684 g/mol. The lowest BCUT2D eigenvalue weighted by atomic mass is 10.2. The van der Waals surface area contributed by atoms with Gasteiger partial charge in [0.25, 0.3) is 0 Å². The molecule has 2 aromatic carbocycles. The summed E-state index contributed by atoms with van der Waals surface area (Å²) < 4.78 is 34.0. The third kappa shape index (κ3) is 12.3. The van der Waals surface area contributed by atoms with Gasteiger partial charge in [-0.05, 0) is 17.7 Å². The standard InChI is InChI=1S/C20H25N3O3.C19H23N3O3.C3H8/c1-2-4-16(5-3-1)14-23-6-7-24-18(15-23)12-21-11-17-10-19-20(13-22-17)26-9-8-25-19;1-2-4-16(5-3-1)22-6-7-23-17(14-22)12-20-11-15-10-18-19(13-21-15)25-9-8-24-18;1-3-2/h1-5,10,13,18,21H,6-9,11-12,14-15H2;1-5,10,13,17,20H,6-9,11-12,14H2;3H2,1-2H3. The first-order chi connectivity index (χ1) is 26.7. The number of aromatic nitrogens is 2. The number of pyridine rings is 2. The number of hydrogen-bond donors (Lipinski definition) is 2. The summed E-state index contributed by atoms with van der Waals surface area (Å²) in [4.78, 5) is 13.7. The van der Waals surface area contributed by atoms with Crippen LogP contribution in [0.5, 0.6) is 23.0 Å². The third-order valence-electron chi connectivity index (χ3n) is 9.06. The number of fused-ring (bicyclic) bond motifs is 2. The number of anilines is 1. The molecule has 0 radical (unpaired) electrons. The molecule has 2 unspecified atom stereocenters. The minimum atomic E-state index is 0.172. The zero-order chi connectivity index (χ0) is 37.2. The van der Waals surface area contributed by atoms with Crippen molar-refractivity contribution in [3.05, 3.63) is 102 Å². The van der Waals surface area contributed by atoms with Crippen LogP contribution in [0.3, 0.4) is 0 Å². The van der Waals surface area contributed by atoms with Crippen molar-refractivity contribution < 1.29 is 28.4 Å². The maximum absolute atomic E-state index is 5.91. The Bertz CT molecular complexity index is 1670. The molecule has 12 heteroatoms. The Morgan fingerprint density at radius 2 is 1.11 bits per heavy atom. The van der Waals surface area contributed by atoms with E-state index in [0.29, 0.717) is 39.5 Å². The lowest BCUT2D eigenvalue weighted by molar-refractivity contribution is -0.0300. The van der Waals surface area contributed by atoms with Gasteiger partial charge in [-0.25, -0.2) is 0 Å². The molecule has 0 aliphatic carbocycles. The van der Waals surface area contributed by atoms with Gasteiger partial charge >= 0.3 is 0 Å². The number of benzene rings is 2. The molecule has 2 aromatic heterocycles. The van der Waals surface area contributed by atoms with Crippen LogP contribution in [0.4, 0.5) is 5.69 Å². The van der Waals surface area contributed by atoms with Crippen molar-refractivity contribution in [3.63, 3.8) is 0 Å². The summed E-state index contributed by atoms with van der Waals surface area (Å²) in [6.45, 7) is 15.8. The zero-order valence-electron chi connectivity index (χ0n) is 31.8. The lowest BCUT2D eigenvalue weighted by Crippen LogP contribution is -2.46. The molecule has 4 aliphatic rings. The Morgan fingerprint density at radius 3 is 1.69 bits per heavy atom. The molecule has 6 heterocycles. The van der Waals surface area contributed by atoms with Crippen LogP contribution in [0.2, 0.25) is 0 Å². The molecule has 0 amide bonds. The molecule has 2 N–H and O–H groups in total. The number of hydrogen-bond acceptors (Lipinski definition) is 12. The highest BCUT2D eigenvalue weighted by Gasteiger charge is 2.22. The van der Waals surface area contributed by atoms with Gasteiger partial charge in [-0.2, -0.15) is 0 Å². The summed E-state index contributed by atoms with van der Waals surface area (Å²) in [5.74, 6) is 3.02. The summed E-state index contributed by atoms with van der Waals surface area (Å²) in [5, 5.41) is 6.89. The van der Waals surface area contributed by atoms with Crippen molar-refractivity contribution in [2.24, 2.45) is 0 Å². The van der Waals surface area contributed by atoms with E-state index >= 15 is 0 Å². The molecule has 4 aliphatic heterocycles. The first-order valence-electron chi connectivity index (χ1n) is 19.4. The molecule has 2 atom stereocenters. The van der Waals surface area contributed by atoms with Crippen molar-refractivity contribution in [3.8, 4) is 23.0 Å². The summed E-state index contributed by atoms with van der Waals surface area (Å²) in [5.41, 5.74) is 4.50. The van der Waals surface area contributed by atoms with Crippen LogP contribution >= 0.6 is 0 Å². The summed E-state index contributed by atoms with van der Waals surface area (Å²) in [7, 11) is 0. The Morgan fingerprint density at radius 1 is 0.611 bits per heavy atom. The number of rotatable bonds is 11. The van der Waals surface area contributed by atoms with Gasteiger partial charge in [-0.3, -0.25) is 14.9 Å². The number of morpholine rings is 2. The second-order valence-corrected chi connectivity index (χ2v) is 13.6. The molecule has 4 aromatic rings. The van der Waals surface area contributed by atoms with Crippen LogP contribution in [0.25, 0.3) is 0 Å². The molecule has 0 saturated carbocycles. The number of ether oxygens (including phenoxy) is 6. The highest BCUT2D eigenvalue weighted by Crippen LogP contribution is 2.30. The highest BCUT2D eigenvalue weighted by molar-refractivity contribution is 5.46. The van der Waals surface area contributed by atoms with Crippen molar-refractivity contribution in [1.29, 1.82) is 0 Å². The first-order valence-corrected chi connectivity index (χ1v) is 19.4. The van der Waals surface area contributed by atoms with Gasteiger partial charge in [0.1, 0.15) is 26.4 Å². The van der Waals surface area contributed by atoms with Crippen LogP contribution in [0.1, 0.15) is 37.2 Å². The molecule has 0 spiro atoms. The molecule has 12 nitrogen and oxygen atoms in total. The Hall–Kier alpha value is -4.46. The number of nitrogens with zero attached hydrogens (tertiary/aromatic N) is 4. The smallest absolute Gasteiger partial charge is 0.179 e. The topological polar surface area (TPSA) is 112 Å². The SMILES string of the molecule is CCC.c1ccc(CN2CCOC(CNCc3cc4c(cn3)OCCO4)C2)cc1.c1ccc(N2CCOC(CNCc3cc4c(cn3)OCCO4)C2)cc1. The van der Waals surface area contributed by atoms with Crippen LogP contribution in [-0.2, 0) is 29.1 Å². The Balaban J connectivity index is 0.000000172. The van der Waals surface area contributed by atoms with Gasteiger partial charge < -0.3 is 44.0 Å². The first kappa shape index (κ1) is 39.2. The van der Waals surface area contributed by atoms with E-state index in [2.05, 4.69) is 98.8 Å². The second-order valence-electron chi connectivity index (χ2n) is 13.6. The minimum absolute atomic E-state index is 0.172. The fourth-order valence-electron chi connectivity index (χ4n) is 6.50. The van der Waals surface area contributed by atoms with E-state index in [-0.39, 0.29) is 12.2 Å². The molecule has 290 valence electrons. The maximum Gasteiger partial charge on any atom is 0.179 e. The quantitative estimate of drug-likeness (QED) is 0.213. The van der Waals surface area contributed by atoms with Gasteiger partial charge in [0, 0.05) is 76.7 Å². The zero-order valence-corrected chi connectivity index (χ0v) is 31.8. The van der Waals surface area contributed by atoms with Crippen LogP contribution in [0, 0.1) is 0 Å². The molecule has 8 rings (SSSR count). The van der Waals surface area contributed by atoms with Crippen LogP contribution in [0.15, 0.2) is 85.2 Å². The summed E-state index contributed by atoms with van der Waals surface area (Å²) in [6.07, 6.45) is 5.10. The predicted octanol–water partition coefficient (Wildman–Crippen LogP) is 5.11. The monoisotopic (exact) mass is 740 g/mol. The summed E-state index contributed by atoms with van der Waals surface area (Å²) >= 11 is 0. The van der Waals surface area contributed by atoms with Crippen molar-refractivity contribution in [2.75, 3.05) is 83.8 Å². The van der Waals surface area contributed by atoms with Gasteiger partial charge in [0.05, 0.1) is 49.2 Å². The molecule has 2 fully saturated rings. The Kier molecular flexibility index (Phi) is 15.6. The van der Waals surface area contributed by atoms with E-state index in [4.69, 9.17) is 28.4 Å². The van der Waals surface area contributed by atoms with Gasteiger partial charge in [0.15, 0.2) is 23.0 Å². The second kappa shape index (κ2) is 21.4. The minimum Gasteiger partial charge on any atom is -0.486 e. The lowest BCUT2D eigenvalue weighted by Gasteiger charge is -2.34. The van der Waals surface area contributed by atoms with E-state index < -0.39 is 0 Å². The normalized spacial score (nSPS) is 19.1. The maximum atomic E-state index is 5.91. The van der Waals surface area contributed by atoms with E-state index in [9.17, 15) is 0 Å². The van der Waals surface area contributed by atoms with Gasteiger partial charge in [-0.1, -0.05) is 68.8 Å². The Labute approximate surface area is 320 Å². The van der Waals surface area contributed by atoms with E-state index in [1.807, 2.05) is 18.2 Å². The number of nitrogens with one attached hydrogen (secondary N) is 2. The third-order valence-corrected chi connectivity index (χ3v) is 9.06. The molecular formula is C42H56N6O6. The van der Waals surface area contributed by atoms with Crippen LogP contribution in [-0.4, -0.2) is 106 Å². The fourth-order valence-corrected chi connectivity index (χ4v) is 6.50. The van der Waals surface area contributed by atoms with Crippen molar-refractivity contribution in [2.45, 2.75) is 52.1 Å². The van der Waals surface area contributed by atoms with Gasteiger partial charge in [0.2, 0.25) is 0 Å². The van der Waals surface area contributed by atoms with Crippen LogP contribution < -0.4 is 34.5 Å². The summed E-state index contributed by atoms with van der Waals surface area (Å²) in [6, 6.07) is 25.0. The van der Waals surface area contributed by atoms with E-state index in [1.54, 1.807) is 12.4 Å². The van der Waals surface area contributed by atoms with Gasteiger partial charge in [-0.15, -0.1) is 0 Å². The average molecular weight is 741 g/mol. The van der Waals surface area contributed by atoms with E-state index in [0.717, 1.165) is 93.4 Å². The highest BCUT2D eigenvalue weighted by atomic mass is 16.6. The molecule has 54 heavy (non-hydrogen) atoms. The van der Waals surface area contributed by atoms with E-state index in [1.165, 1.54) is 17.7 Å². The average Bonchev–Trinajstić information content (AvgIpc) is 3.22. The van der Waals surface area contributed by atoms with Crippen molar-refractivity contribution in [1.82, 2.24) is 25.5 Å².